The van der Waals surface area contributed by atoms with Crippen molar-refractivity contribution in [2.75, 3.05) is 6.61 Å². The van der Waals surface area contributed by atoms with Crippen LogP contribution in [0.25, 0.3) is 0 Å². The highest BCUT2D eigenvalue weighted by Gasteiger charge is 2.07. The van der Waals surface area contributed by atoms with E-state index in [2.05, 4.69) is 10.4 Å². The van der Waals surface area contributed by atoms with Gasteiger partial charge in [-0.25, -0.2) is 0 Å². The molecular weight excluding hydrogens is 342 g/mol. The number of ether oxygens (including phenoxy) is 1. The van der Waals surface area contributed by atoms with E-state index in [1.807, 2.05) is 41.2 Å². The van der Waals surface area contributed by atoms with Crippen molar-refractivity contribution >= 4 is 11.7 Å². The summed E-state index contributed by atoms with van der Waals surface area (Å²) < 4.78 is 7.32. The highest BCUT2D eigenvalue weighted by Crippen LogP contribution is 2.14. The third-order valence-electron chi connectivity index (χ3n) is 4.10. The van der Waals surface area contributed by atoms with Crippen molar-refractivity contribution in [3.05, 3.63) is 83.7 Å². The predicted molar refractivity (Wildman–Crippen MR) is 102 cm³/mol. The van der Waals surface area contributed by atoms with Crippen LogP contribution in [0.1, 0.15) is 28.4 Å². The highest BCUT2D eigenvalue weighted by atomic mass is 16.5. The Morgan fingerprint density at radius 1 is 1.07 bits per heavy atom. The molecule has 1 aromatic heterocycles. The lowest BCUT2D eigenvalue weighted by Crippen LogP contribution is -2.28. The molecule has 0 aliphatic rings. The van der Waals surface area contributed by atoms with Crippen molar-refractivity contribution in [1.29, 1.82) is 0 Å². The van der Waals surface area contributed by atoms with Gasteiger partial charge in [-0.2, -0.15) is 5.10 Å². The Kier molecular flexibility index (Phi) is 5.99. The Labute approximate surface area is 157 Å². The van der Waals surface area contributed by atoms with E-state index in [9.17, 15) is 9.59 Å². The molecule has 1 N–H and O–H groups in total. The molecule has 6 heteroatoms. The van der Waals surface area contributed by atoms with E-state index < -0.39 is 0 Å². The van der Waals surface area contributed by atoms with Crippen molar-refractivity contribution in [3.8, 4) is 5.75 Å². The number of amides is 1. The molecule has 3 aromatic rings. The summed E-state index contributed by atoms with van der Waals surface area (Å²) in [5.74, 6) is 0.229. The van der Waals surface area contributed by atoms with Crippen molar-refractivity contribution in [1.82, 2.24) is 15.1 Å². The molecule has 0 saturated heterocycles. The zero-order chi connectivity index (χ0) is 19.1. The molecule has 0 spiro atoms. The number of aromatic nitrogens is 2. The molecule has 3 rings (SSSR count). The largest absolute Gasteiger partial charge is 0.484 e. The molecule has 1 heterocycles. The number of carbonyl (C=O) groups excluding carboxylic acids is 2. The lowest BCUT2D eigenvalue weighted by molar-refractivity contribution is -0.123. The Morgan fingerprint density at radius 3 is 2.63 bits per heavy atom. The lowest BCUT2D eigenvalue weighted by Gasteiger charge is -2.12. The maximum atomic E-state index is 12.1. The normalized spacial score (nSPS) is 10.4. The number of Topliss-reactive ketones (excluding diaryl/α,β-unsaturated/α-hetero) is 1. The molecule has 2 aromatic carbocycles. The van der Waals surface area contributed by atoms with E-state index in [0.29, 0.717) is 24.4 Å². The van der Waals surface area contributed by atoms with Gasteiger partial charge in [0.2, 0.25) is 0 Å². The number of nitrogens with one attached hydrogen (secondary N) is 1. The van der Waals surface area contributed by atoms with Gasteiger partial charge in [-0.3, -0.25) is 14.3 Å². The van der Waals surface area contributed by atoms with E-state index >= 15 is 0 Å². The second-order valence-electron chi connectivity index (χ2n) is 6.12. The number of ketones is 1. The Bertz CT molecular complexity index is 920. The molecule has 1 amide bonds. The second-order valence-corrected chi connectivity index (χ2v) is 6.12. The van der Waals surface area contributed by atoms with Crippen LogP contribution in [0.3, 0.4) is 0 Å². The van der Waals surface area contributed by atoms with Crippen LogP contribution in [0.15, 0.2) is 67.0 Å². The maximum absolute atomic E-state index is 12.1. The fourth-order valence-electron chi connectivity index (χ4n) is 2.65. The van der Waals surface area contributed by atoms with E-state index in [-0.39, 0.29) is 18.3 Å². The Hall–Kier alpha value is -3.41. The van der Waals surface area contributed by atoms with Crippen LogP contribution < -0.4 is 10.1 Å². The summed E-state index contributed by atoms with van der Waals surface area (Å²) in [4.78, 5) is 23.5. The molecule has 6 nitrogen and oxygen atoms in total. The monoisotopic (exact) mass is 363 g/mol. The molecule has 0 radical (unpaired) electrons. The fourth-order valence-corrected chi connectivity index (χ4v) is 2.65. The number of carbonyl (C=O) groups is 2. The van der Waals surface area contributed by atoms with Gasteiger partial charge in [0, 0.05) is 24.5 Å². The minimum atomic E-state index is -0.225. The summed E-state index contributed by atoms with van der Waals surface area (Å²) in [5.41, 5.74) is 2.68. The number of hydrogen-bond donors (Lipinski definition) is 1. The zero-order valence-electron chi connectivity index (χ0n) is 15.1. The first-order valence-electron chi connectivity index (χ1n) is 8.66. The summed E-state index contributed by atoms with van der Waals surface area (Å²) in [5, 5.41) is 7.08. The predicted octanol–water partition coefficient (Wildman–Crippen LogP) is 2.83. The molecule has 27 heavy (non-hydrogen) atoms. The summed E-state index contributed by atoms with van der Waals surface area (Å²) in [6, 6.07) is 16.6. The van der Waals surface area contributed by atoms with E-state index in [1.165, 1.54) is 6.92 Å². The first kappa shape index (κ1) is 18.4. The van der Waals surface area contributed by atoms with Gasteiger partial charge in [-0.1, -0.05) is 36.4 Å². The van der Waals surface area contributed by atoms with E-state index in [0.717, 1.165) is 11.1 Å². The molecule has 0 atom stereocenters. The Balaban J connectivity index is 1.54. The van der Waals surface area contributed by atoms with Crippen LogP contribution in [-0.2, 0) is 17.9 Å². The van der Waals surface area contributed by atoms with Crippen LogP contribution in [0.5, 0.6) is 5.75 Å². The van der Waals surface area contributed by atoms with Crippen molar-refractivity contribution in [2.45, 2.75) is 20.0 Å². The topological polar surface area (TPSA) is 73.2 Å². The van der Waals surface area contributed by atoms with Crippen LogP contribution >= 0.6 is 0 Å². The van der Waals surface area contributed by atoms with Gasteiger partial charge < -0.3 is 10.1 Å². The van der Waals surface area contributed by atoms with Crippen LogP contribution in [-0.4, -0.2) is 28.1 Å². The van der Waals surface area contributed by atoms with Crippen molar-refractivity contribution < 1.29 is 14.3 Å². The van der Waals surface area contributed by atoms with Gasteiger partial charge in [-0.05, 0) is 36.2 Å². The quantitative estimate of drug-likeness (QED) is 0.625. The third kappa shape index (κ3) is 5.28. The van der Waals surface area contributed by atoms with E-state index in [4.69, 9.17) is 4.74 Å². The first-order chi connectivity index (χ1) is 13.1. The maximum Gasteiger partial charge on any atom is 0.258 e. The van der Waals surface area contributed by atoms with Gasteiger partial charge in [-0.15, -0.1) is 0 Å². The summed E-state index contributed by atoms with van der Waals surface area (Å²) in [6.45, 7) is 2.44. The van der Waals surface area contributed by atoms with Crippen molar-refractivity contribution in [2.24, 2.45) is 0 Å². The van der Waals surface area contributed by atoms with E-state index in [1.54, 1.807) is 30.5 Å². The van der Waals surface area contributed by atoms with Gasteiger partial charge in [0.05, 0.1) is 6.54 Å². The molecule has 0 aliphatic carbocycles. The number of benzene rings is 2. The standard InChI is InChI=1S/C21H21N3O3/c1-16(25)17-8-4-9-20(12-17)27-15-21(26)22-13-18-6-2-3-7-19(18)14-24-11-5-10-23-24/h2-12H,13-15H2,1H3,(H,22,26). The third-order valence-corrected chi connectivity index (χ3v) is 4.10. The molecule has 138 valence electrons. The summed E-state index contributed by atoms with van der Waals surface area (Å²) >= 11 is 0. The minimum absolute atomic E-state index is 0.0429. The van der Waals surface area contributed by atoms with Crippen LogP contribution in [0, 0.1) is 0 Å². The number of nitrogens with zero attached hydrogens (tertiary/aromatic N) is 2. The molecular formula is C21H21N3O3. The molecule has 0 bridgehead atoms. The first-order valence-corrected chi connectivity index (χ1v) is 8.66. The van der Waals surface area contributed by atoms with Gasteiger partial charge in [0.15, 0.2) is 12.4 Å². The second kappa shape index (κ2) is 8.80. The SMILES string of the molecule is CC(=O)c1cccc(OCC(=O)NCc2ccccc2Cn2cccn2)c1. The zero-order valence-corrected chi connectivity index (χ0v) is 15.1. The highest BCUT2D eigenvalue weighted by molar-refractivity contribution is 5.94. The average molecular weight is 363 g/mol. The lowest BCUT2D eigenvalue weighted by atomic mass is 10.1. The number of rotatable bonds is 8. The molecule has 0 aliphatic heterocycles. The average Bonchev–Trinajstić information content (AvgIpc) is 3.19. The Morgan fingerprint density at radius 2 is 1.89 bits per heavy atom. The summed E-state index contributed by atoms with van der Waals surface area (Å²) in [7, 11) is 0. The van der Waals surface area contributed by atoms with Crippen LogP contribution in [0.4, 0.5) is 0 Å². The number of hydrogen-bond acceptors (Lipinski definition) is 4. The smallest absolute Gasteiger partial charge is 0.258 e. The fraction of sp³-hybridized carbons (Fsp3) is 0.190. The van der Waals surface area contributed by atoms with Gasteiger partial charge >= 0.3 is 0 Å². The minimum Gasteiger partial charge on any atom is -0.484 e. The van der Waals surface area contributed by atoms with Crippen molar-refractivity contribution in [3.63, 3.8) is 0 Å². The molecule has 0 unspecified atom stereocenters. The molecule has 0 fully saturated rings. The molecule has 0 saturated carbocycles. The van der Waals surface area contributed by atoms with Crippen LogP contribution in [0.2, 0.25) is 0 Å². The summed E-state index contributed by atoms with van der Waals surface area (Å²) in [6.07, 6.45) is 3.64. The van der Waals surface area contributed by atoms with Gasteiger partial charge in [0.1, 0.15) is 5.75 Å². The van der Waals surface area contributed by atoms with Gasteiger partial charge in [0.25, 0.3) is 5.91 Å².